The zero-order chi connectivity index (χ0) is 19.4. The molecule has 0 saturated carbocycles. The van der Waals surface area contributed by atoms with Gasteiger partial charge in [0.05, 0.1) is 6.61 Å². The predicted octanol–water partition coefficient (Wildman–Crippen LogP) is 4.12. The van der Waals surface area contributed by atoms with Crippen LogP contribution in [-0.4, -0.2) is 24.2 Å². The van der Waals surface area contributed by atoms with Gasteiger partial charge >= 0.3 is 6.09 Å². The molecule has 26 heavy (non-hydrogen) atoms. The Morgan fingerprint density at radius 2 is 1.81 bits per heavy atom. The van der Waals surface area contributed by atoms with Crippen molar-refractivity contribution in [3.63, 3.8) is 0 Å². The third-order valence-electron chi connectivity index (χ3n) is 3.37. The van der Waals surface area contributed by atoms with Crippen LogP contribution in [0.3, 0.4) is 0 Å². The van der Waals surface area contributed by atoms with E-state index in [0.717, 1.165) is 31.2 Å². The average molecular weight is 362 g/mol. The number of hydrogen-bond acceptors (Lipinski definition) is 4. The Bertz CT molecular complexity index is 576. The summed E-state index contributed by atoms with van der Waals surface area (Å²) in [5.41, 5.74) is 3.28. The Morgan fingerprint density at radius 3 is 2.42 bits per heavy atom. The van der Waals surface area contributed by atoms with Gasteiger partial charge in [0, 0.05) is 12.1 Å². The fourth-order valence-corrected chi connectivity index (χ4v) is 2.08. The third-order valence-corrected chi connectivity index (χ3v) is 3.37. The first-order valence-corrected chi connectivity index (χ1v) is 8.90. The van der Waals surface area contributed by atoms with Crippen LogP contribution in [0, 0.1) is 0 Å². The molecular weight excluding hydrogens is 332 g/mol. The molecule has 144 valence electrons. The van der Waals surface area contributed by atoms with Crippen LogP contribution < -0.4 is 10.8 Å². The maximum absolute atomic E-state index is 12.0. The van der Waals surface area contributed by atoms with E-state index in [1.54, 1.807) is 24.3 Å². The molecule has 2 amide bonds. The number of unbranched alkanes of at least 4 members (excludes halogenated alkanes) is 3. The molecule has 2 N–H and O–H groups in total. The highest BCUT2D eigenvalue weighted by Crippen LogP contribution is 2.08. The Morgan fingerprint density at radius 1 is 1.12 bits per heavy atom. The number of carbonyl (C=O) groups is 2. The van der Waals surface area contributed by atoms with Gasteiger partial charge in [-0.1, -0.05) is 24.6 Å². The van der Waals surface area contributed by atoms with Gasteiger partial charge in [-0.05, 0) is 57.7 Å². The van der Waals surface area contributed by atoms with Crippen LogP contribution in [0.25, 0.3) is 0 Å². The predicted molar refractivity (Wildman–Crippen MR) is 102 cm³/mol. The highest BCUT2D eigenvalue weighted by molar-refractivity contribution is 5.93. The Hall–Kier alpha value is -2.34. The Balaban J connectivity index is 2.29. The summed E-state index contributed by atoms with van der Waals surface area (Å²) >= 11 is 0. The lowest BCUT2D eigenvalue weighted by atomic mass is 10.1. The van der Waals surface area contributed by atoms with Crippen molar-refractivity contribution in [3.8, 4) is 0 Å². The first-order chi connectivity index (χ1) is 12.3. The molecule has 1 aromatic carbocycles. The molecule has 0 bridgehead atoms. The molecule has 6 heteroatoms. The van der Waals surface area contributed by atoms with E-state index >= 15 is 0 Å². The first kappa shape index (κ1) is 21.7. The van der Waals surface area contributed by atoms with Crippen molar-refractivity contribution in [1.82, 2.24) is 10.8 Å². The molecule has 0 aliphatic rings. The van der Waals surface area contributed by atoms with E-state index in [1.807, 2.05) is 26.8 Å². The van der Waals surface area contributed by atoms with Gasteiger partial charge in [0.25, 0.3) is 5.91 Å². The average Bonchev–Trinajstić information content (AvgIpc) is 2.58. The van der Waals surface area contributed by atoms with Crippen molar-refractivity contribution in [2.45, 2.75) is 58.6 Å². The number of ether oxygens (including phenoxy) is 1. The van der Waals surface area contributed by atoms with Crippen molar-refractivity contribution in [3.05, 3.63) is 48.0 Å². The molecule has 0 heterocycles. The fourth-order valence-electron chi connectivity index (χ4n) is 2.08. The monoisotopic (exact) mass is 362 g/mol. The molecule has 0 aliphatic heterocycles. The molecule has 0 aromatic heterocycles. The second-order valence-electron chi connectivity index (χ2n) is 6.97. The van der Waals surface area contributed by atoms with Crippen LogP contribution in [0.4, 0.5) is 4.79 Å². The van der Waals surface area contributed by atoms with Crippen LogP contribution in [0.2, 0.25) is 0 Å². The van der Waals surface area contributed by atoms with Gasteiger partial charge in [-0.15, -0.1) is 6.58 Å². The van der Waals surface area contributed by atoms with Crippen molar-refractivity contribution >= 4 is 12.0 Å². The van der Waals surface area contributed by atoms with Crippen molar-refractivity contribution < 1.29 is 19.2 Å². The van der Waals surface area contributed by atoms with Crippen LogP contribution >= 0.6 is 0 Å². The van der Waals surface area contributed by atoms with Crippen LogP contribution in [0.1, 0.15) is 62.4 Å². The number of amides is 2. The Kier molecular flexibility index (Phi) is 9.44. The zero-order valence-corrected chi connectivity index (χ0v) is 16.0. The second-order valence-corrected chi connectivity index (χ2v) is 6.97. The summed E-state index contributed by atoms with van der Waals surface area (Å²) in [6, 6.07) is 6.94. The molecule has 1 aromatic rings. The standard InChI is InChI=1S/C20H30N2O4/c1-5-6-7-8-9-14-25-22-18(23)17-12-10-16(11-13-17)15-21-19(24)26-20(2,3)4/h5,10-13H,1,6-9,14-15H2,2-4H3,(H,21,24)(H,22,23). The number of carbonyl (C=O) groups excluding carboxylic acids is 2. The summed E-state index contributed by atoms with van der Waals surface area (Å²) in [5.74, 6) is -0.289. The summed E-state index contributed by atoms with van der Waals surface area (Å²) in [7, 11) is 0. The highest BCUT2D eigenvalue weighted by Gasteiger charge is 2.15. The minimum absolute atomic E-state index is 0.289. The quantitative estimate of drug-likeness (QED) is 0.373. The number of alkyl carbamates (subject to hydrolysis) is 1. The van der Waals surface area contributed by atoms with E-state index in [9.17, 15) is 9.59 Å². The van der Waals surface area contributed by atoms with Gasteiger partial charge in [0.15, 0.2) is 0 Å². The minimum Gasteiger partial charge on any atom is -0.444 e. The third kappa shape index (κ3) is 9.84. The number of hydroxylamine groups is 1. The van der Waals surface area contributed by atoms with E-state index in [2.05, 4.69) is 17.4 Å². The molecule has 0 radical (unpaired) electrons. The molecule has 1 rings (SSSR count). The lowest BCUT2D eigenvalue weighted by molar-refractivity contribution is 0.0298. The maximum atomic E-state index is 12.0. The van der Waals surface area contributed by atoms with E-state index in [0.29, 0.717) is 18.7 Å². The van der Waals surface area contributed by atoms with Gasteiger partial charge in [-0.3, -0.25) is 9.63 Å². The largest absolute Gasteiger partial charge is 0.444 e. The molecule has 0 saturated heterocycles. The van der Waals surface area contributed by atoms with Gasteiger partial charge in [0.1, 0.15) is 5.60 Å². The SMILES string of the molecule is C=CCCCCCONC(=O)c1ccc(CNC(=O)OC(C)(C)C)cc1. The summed E-state index contributed by atoms with van der Waals surface area (Å²) in [6.45, 7) is 9.92. The molecule has 0 atom stereocenters. The molecular formula is C20H30N2O4. The summed E-state index contributed by atoms with van der Waals surface area (Å²) in [4.78, 5) is 28.8. The van der Waals surface area contributed by atoms with Gasteiger partial charge in [-0.25, -0.2) is 10.3 Å². The van der Waals surface area contributed by atoms with Gasteiger partial charge in [-0.2, -0.15) is 0 Å². The van der Waals surface area contributed by atoms with Gasteiger partial charge < -0.3 is 10.1 Å². The lowest BCUT2D eigenvalue weighted by Gasteiger charge is -2.19. The number of rotatable bonds is 10. The number of benzene rings is 1. The minimum atomic E-state index is -0.530. The summed E-state index contributed by atoms with van der Waals surface area (Å²) in [5, 5.41) is 2.67. The van der Waals surface area contributed by atoms with E-state index < -0.39 is 11.7 Å². The number of hydrogen-bond donors (Lipinski definition) is 2. The molecule has 0 fully saturated rings. The van der Waals surface area contributed by atoms with Crippen LogP contribution in [-0.2, 0) is 16.1 Å². The van der Waals surface area contributed by atoms with E-state index in [-0.39, 0.29) is 5.91 Å². The Labute approximate surface area is 155 Å². The van der Waals surface area contributed by atoms with Crippen molar-refractivity contribution in [2.75, 3.05) is 6.61 Å². The van der Waals surface area contributed by atoms with Crippen molar-refractivity contribution in [2.24, 2.45) is 0 Å². The first-order valence-electron chi connectivity index (χ1n) is 8.90. The summed E-state index contributed by atoms with van der Waals surface area (Å²) < 4.78 is 5.17. The van der Waals surface area contributed by atoms with Crippen LogP contribution in [0.5, 0.6) is 0 Å². The maximum Gasteiger partial charge on any atom is 0.407 e. The van der Waals surface area contributed by atoms with Gasteiger partial charge in [0.2, 0.25) is 0 Å². The number of allylic oxidation sites excluding steroid dienone is 1. The van der Waals surface area contributed by atoms with E-state index in [4.69, 9.17) is 9.57 Å². The topological polar surface area (TPSA) is 76.7 Å². The van der Waals surface area contributed by atoms with E-state index in [1.165, 1.54) is 0 Å². The zero-order valence-electron chi connectivity index (χ0n) is 16.0. The smallest absolute Gasteiger partial charge is 0.407 e. The molecule has 0 spiro atoms. The molecule has 6 nitrogen and oxygen atoms in total. The normalized spacial score (nSPS) is 10.9. The fraction of sp³-hybridized carbons (Fsp3) is 0.500. The summed E-state index contributed by atoms with van der Waals surface area (Å²) in [6.07, 6.45) is 5.45. The van der Waals surface area contributed by atoms with Crippen molar-refractivity contribution in [1.29, 1.82) is 0 Å². The molecule has 0 unspecified atom stereocenters. The highest BCUT2D eigenvalue weighted by atomic mass is 16.6. The number of nitrogens with one attached hydrogen (secondary N) is 2. The lowest BCUT2D eigenvalue weighted by Crippen LogP contribution is -2.32. The van der Waals surface area contributed by atoms with Crippen LogP contribution in [0.15, 0.2) is 36.9 Å². The second kappa shape index (κ2) is 11.3. The molecule has 0 aliphatic carbocycles.